The van der Waals surface area contributed by atoms with E-state index in [-0.39, 0.29) is 24.0 Å². The Labute approximate surface area is 253 Å². The predicted octanol–water partition coefficient (Wildman–Crippen LogP) is 6.11. The number of carbonyl (C=O) groups excluding carboxylic acids is 1. The van der Waals surface area contributed by atoms with Crippen LogP contribution in [0, 0.1) is 0 Å². The van der Waals surface area contributed by atoms with E-state index in [0.717, 1.165) is 67.0 Å². The summed E-state index contributed by atoms with van der Waals surface area (Å²) < 4.78 is 0. The molecule has 0 aliphatic carbocycles. The molecule has 1 saturated heterocycles. The molecule has 6 rings (SSSR count). The number of likely N-dealkylation sites (tertiary alicyclic amines) is 1. The quantitative estimate of drug-likeness (QED) is 0.210. The molecule has 0 bridgehead atoms. The Bertz CT molecular complexity index is 1620. The monoisotopic (exact) mass is 573 g/mol. The van der Waals surface area contributed by atoms with E-state index in [2.05, 4.69) is 62.4 Å². The number of likely N-dealkylation sites (N-methyl/N-ethyl adjacent to an activating group) is 1. The number of nitrogens with one attached hydrogen (secondary N) is 2. The van der Waals surface area contributed by atoms with E-state index in [1.807, 2.05) is 79.1 Å². The largest absolute Gasteiger partial charge is 0.353 e. The fraction of sp³-hybridized carbons (Fsp3) is 0.314. The zero-order chi connectivity index (χ0) is 29.6. The Morgan fingerprint density at radius 2 is 1.74 bits per heavy atom. The number of hydrogen-bond donors (Lipinski definition) is 2. The fourth-order valence-electron chi connectivity index (χ4n) is 6.41. The number of pyridine rings is 2. The maximum absolute atomic E-state index is 13.7. The number of H-pyrrole nitrogens is 1. The van der Waals surface area contributed by atoms with E-state index in [1.54, 1.807) is 0 Å². The van der Waals surface area contributed by atoms with Crippen molar-refractivity contribution in [3.63, 3.8) is 0 Å². The van der Waals surface area contributed by atoms with Crippen molar-refractivity contribution in [2.45, 2.75) is 50.7 Å². The number of para-hydroxylation sites is 1. The first-order valence-corrected chi connectivity index (χ1v) is 15.2. The van der Waals surface area contributed by atoms with Gasteiger partial charge in [0.25, 0.3) is 5.91 Å². The van der Waals surface area contributed by atoms with Crippen molar-refractivity contribution in [2.75, 3.05) is 25.5 Å². The molecule has 220 valence electrons. The highest BCUT2D eigenvalue weighted by Crippen LogP contribution is 2.32. The van der Waals surface area contributed by atoms with E-state index in [9.17, 15) is 4.79 Å². The van der Waals surface area contributed by atoms with Crippen LogP contribution in [0.5, 0.6) is 0 Å². The molecule has 8 heteroatoms. The summed E-state index contributed by atoms with van der Waals surface area (Å²) in [6.45, 7) is 3.96. The van der Waals surface area contributed by atoms with E-state index in [4.69, 9.17) is 4.98 Å². The normalized spacial score (nSPS) is 15.7. The Morgan fingerprint density at radius 3 is 2.47 bits per heavy atom. The zero-order valence-electron chi connectivity index (χ0n) is 24.9. The standard InChI is InChI=1S/C35H39N7O/c1-3-30(25-15-20-36-21-16-25)33(41(2)34(43)26-10-5-4-6-11-26)42-22-17-28(18-23-42)38-35-39-31-14-9-12-27(32(31)40-35)24-29-13-7-8-19-37-29/h4-16,19-21,28,30,33H,3,17-18,22-24H2,1-2H3,(H2,38,39,40). The Balaban J connectivity index is 1.17. The number of carbonyl (C=O) groups is 1. The highest BCUT2D eigenvalue weighted by molar-refractivity contribution is 5.94. The first kappa shape index (κ1) is 28.6. The molecule has 0 saturated carbocycles. The average molecular weight is 574 g/mol. The van der Waals surface area contributed by atoms with Gasteiger partial charge in [0.1, 0.15) is 0 Å². The number of amides is 1. The second kappa shape index (κ2) is 13.2. The smallest absolute Gasteiger partial charge is 0.254 e. The summed E-state index contributed by atoms with van der Waals surface area (Å²) >= 11 is 0. The van der Waals surface area contributed by atoms with E-state index in [0.29, 0.717) is 5.56 Å². The van der Waals surface area contributed by atoms with Crippen LogP contribution in [0.3, 0.4) is 0 Å². The lowest BCUT2D eigenvalue weighted by Crippen LogP contribution is -2.55. The molecule has 1 aliphatic heterocycles. The molecular formula is C35H39N7O. The first-order valence-electron chi connectivity index (χ1n) is 15.2. The molecule has 8 nitrogen and oxygen atoms in total. The van der Waals surface area contributed by atoms with Gasteiger partial charge in [0.2, 0.25) is 5.95 Å². The molecular weight excluding hydrogens is 534 g/mol. The van der Waals surface area contributed by atoms with Gasteiger partial charge in [0, 0.05) is 68.4 Å². The molecule has 1 amide bonds. The average Bonchev–Trinajstić information content (AvgIpc) is 3.48. The van der Waals surface area contributed by atoms with Crippen LogP contribution in [-0.2, 0) is 6.42 Å². The summed E-state index contributed by atoms with van der Waals surface area (Å²) in [6.07, 6.45) is 9.02. The Hall–Kier alpha value is -4.56. The van der Waals surface area contributed by atoms with Gasteiger partial charge < -0.3 is 15.2 Å². The van der Waals surface area contributed by atoms with E-state index in [1.165, 1.54) is 5.56 Å². The number of benzene rings is 2. The van der Waals surface area contributed by atoms with Gasteiger partial charge in [-0.2, -0.15) is 0 Å². The zero-order valence-corrected chi connectivity index (χ0v) is 24.9. The molecule has 2 atom stereocenters. The molecule has 3 aromatic heterocycles. The number of aromatic nitrogens is 4. The van der Waals surface area contributed by atoms with Crippen molar-refractivity contribution in [1.82, 2.24) is 29.7 Å². The number of piperidine rings is 1. The van der Waals surface area contributed by atoms with Crippen LogP contribution in [0.15, 0.2) is 97.5 Å². The van der Waals surface area contributed by atoms with Crippen LogP contribution in [0.25, 0.3) is 11.0 Å². The van der Waals surface area contributed by atoms with E-state index >= 15 is 0 Å². The van der Waals surface area contributed by atoms with Gasteiger partial charge in [-0.15, -0.1) is 0 Å². The maximum Gasteiger partial charge on any atom is 0.254 e. The Morgan fingerprint density at radius 1 is 0.977 bits per heavy atom. The Kier molecular flexibility index (Phi) is 8.75. The number of imidazole rings is 1. The third kappa shape index (κ3) is 6.44. The van der Waals surface area contributed by atoms with Gasteiger partial charge in [-0.3, -0.25) is 19.7 Å². The van der Waals surface area contributed by atoms with Gasteiger partial charge in [0.15, 0.2) is 0 Å². The number of anilines is 1. The van der Waals surface area contributed by atoms with Crippen LogP contribution >= 0.6 is 0 Å². The van der Waals surface area contributed by atoms with Gasteiger partial charge >= 0.3 is 0 Å². The minimum atomic E-state index is -0.0681. The van der Waals surface area contributed by atoms with Gasteiger partial charge in [-0.1, -0.05) is 43.3 Å². The fourth-order valence-corrected chi connectivity index (χ4v) is 6.41. The summed E-state index contributed by atoms with van der Waals surface area (Å²) in [5.41, 5.74) is 6.12. The van der Waals surface area contributed by atoms with Gasteiger partial charge in [-0.25, -0.2) is 4.98 Å². The molecule has 0 radical (unpaired) electrons. The molecule has 4 heterocycles. The lowest BCUT2D eigenvalue weighted by Gasteiger charge is -2.45. The van der Waals surface area contributed by atoms with Crippen molar-refractivity contribution < 1.29 is 4.79 Å². The van der Waals surface area contributed by atoms with Gasteiger partial charge in [0.05, 0.1) is 17.2 Å². The van der Waals surface area contributed by atoms with Crippen molar-refractivity contribution in [3.05, 3.63) is 120 Å². The lowest BCUT2D eigenvalue weighted by molar-refractivity contribution is 0.0201. The summed E-state index contributed by atoms with van der Waals surface area (Å²) in [4.78, 5) is 35.3. The SMILES string of the molecule is CCC(c1ccncc1)C(N1CCC(Nc2nc3c(Cc4ccccn4)cccc3[nH]2)CC1)N(C)C(=O)c1ccccc1. The molecule has 5 aromatic rings. The summed E-state index contributed by atoms with van der Waals surface area (Å²) in [6, 6.07) is 26.3. The molecule has 2 N–H and O–H groups in total. The van der Waals surface area contributed by atoms with Crippen LogP contribution in [0.4, 0.5) is 5.95 Å². The lowest BCUT2D eigenvalue weighted by atomic mass is 9.90. The predicted molar refractivity (Wildman–Crippen MR) is 171 cm³/mol. The topological polar surface area (TPSA) is 90.0 Å². The third-order valence-corrected chi connectivity index (χ3v) is 8.61. The first-order chi connectivity index (χ1) is 21.1. The minimum Gasteiger partial charge on any atom is -0.353 e. The molecule has 2 aromatic carbocycles. The number of aromatic amines is 1. The van der Waals surface area contributed by atoms with Crippen LogP contribution < -0.4 is 5.32 Å². The second-order valence-electron chi connectivity index (χ2n) is 11.3. The molecule has 1 aliphatic rings. The highest BCUT2D eigenvalue weighted by atomic mass is 16.2. The molecule has 0 spiro atoms. The number of rotatable bonds is 10. The van der Waals surface area contributed by atoms with Gasteiger partial charge in [-0.05, 0) is 72.9 Å². The van der Waals surface area contributed by atoms with E-state index < -0.39 is 0 Å². The summed E-state index contributed by atoms with van der Waals surface area (Å²) in [5, 5.41) is 3.68. The molecule has 2 unspecified atom stereocenters. The summed E-state index contributed by atoms with van der Waals surface area (Å²) in [7, 11) is 1.95. The highest BCUT2D eigenvalue weighted by Gasteiger charge is 2.36. The minimum absolute atomic E-state index is 0.0436. The van der Waals surface area contributed by atoms with Crippen molar-refractivity contribution in [3.8, 4) is 0 Å². The van der Waals surface area contributed by atoms with Crippen molar-refractivity contribution >= 4 is 22.9 Å². The molecule has 1 fully saturated rings. The second-order valence-corrected chi connectivity index (χ2v) is 11.3. The van der Waals surface area contributed by atoms with Crippen molar-refractivity contribution in [2.24, 2.45) is 0 Å². The summed E-state index contributed by atoms with van der Waals surface area (Å²) in [5.74, 6) is 1.01. The van der Waals surface area contributed by atoms with Crippen LogP contribution in [-0.4, -0.2) is 68.0 Å². The third-order valence-electron chi connectivity index (χ3n) is 8.61. The number of fused-ring (bicyclic) bond motifs is 1. The maximum atomic E-state index is 13.7. The molecule has 43 heavy (non-hydrogen) atoms. The van der Waals surface area contributed by atoms with Crippen LogP contribution in [0.1, 0.15) is 59.3 Å². The number of hydrogen-bond acceptors (Lipinski definition) is 6. The van der Waals surface area contributed by atoms with Crippen LogP contribution in [0.2, 0.25) is 0 Å². The number of nitrogens with zero attached hydrogens (tertiary/aromatic N) is 5. The van der Waals surface area contributed by atoms with Crippen molar-refractivity contribution in [1.29, 1.82) is 0 Å².